The van der Waals surface area contributed by atoms with Crippen molar-refractivity contribution in [1.29, 1.82) is 0 Å². The molecular formula is C33H49N7O. The number of pyridine rings is 1. The van der Waals surface area contributed by atoms with Crippen LogP contribution in [0.3, 0.4) is 0 Å². The van der Waals surface area contributed by atoms with Crippen LogP contribution in [0.15, 0.2) is 42.6 Å². The third kappa shape index (κ3) is 5.78. The van der Waals surface area contributed by atoms with Gasteiger partial charge in [0, 0.05) is 51.9 Å². The summed E-state index contributed by atoms with van der Waals surface area (Å²) in [4.78, 5) is 27.8. The minimum absolute atomic E-state index is 0.0829. The molecule has 0 radical (unpaired) electrons. The van der Waals surface area contributed by atoms with Crippen molar-refractivity contribution in [3.63, 3.8) is 0 Å². The molecule has 4 saturated carbocycles. The number of amides is 2. The Bertz CT molecular complexity index is 1150. The van der Waals surface area contributed by atoms with E-state index in [2.05, 4.69) is 69.9 Å². The quantitative estimate of drug-likeness (QED) is 0.541. The van der Waals surface area contributed by atoms with Crippen molar-refractivity contribution < 1.29 is 4.79 Å². The van der Waals surface area contributed by atoms with Gasteiger partial charge in [0.05, 0.1) is 23.3 Å². The fraction of sp³-hybridized carbons (Fsp3) is 0.636. The van der Waals surface area contributed by atoms with Crippen LogP contribution in [0, 0.1) is 29.6 Å². The lowest BCUT2D eigenvalue weighted by Gasteiger charge is -2.54. The number of hydrogen-bond donors (Lipinski definition) is 2. The first-order valence-electron chi connectivity index (χ1n) is 16.0. The molecule has 3 N–H and O–H groups in total. The number of benzene rings is 1. The molecular weight excluding hydrogens is 510 g/mol. The van der Waals surface area contributed by atoms with Gasteiger partial charge in [-0.15, -0.1) is 0 Å². The van der Waals surface area contributed by atoms with E-state index >= 15 is 0 Å². The number of anilines is 4. The second-order valence-electron chi connectivity index (χ2n) is 13.3. The number of fused-ring (bicyclic) bond motifs is 1. The molecule has 8 nitrogen and oxygen atoms in total. The van der Waals surface area contributed by atoms with Crippen LogP contribution in [-0.4, -0.2) is 74.8 Å². The van der Waals surface area contributed by atoms with Gasteiger partial charge in [-0.25, -0.2) is 9.78 Å². The van der Waals surface area contributed by atoms with E-state index in [0.29, 0.717) is 30.3 Å². The number of nitrogens with zero attached hydrogens (tertiary/aromatic N) is 5. The van der Waals surface area contributed by atoms with Crippen LogP contribution in [0.5, 0.6) is 0 Å². The lowest BCUT2D eigenvalue weighted by molar-refractivity contribution is -0.00911. The smallest absolute Gasteiger partial charge is 0.322 e. The van der Waals surface area contributed by atoms with Gasteiger partial charge in [-0.2, -0.15) is 0 Å². The number of rotatable bonds is 5. The number of nitrogens with two attached hydrogens (primary N) is 1. The lowest BCUT2D eigenvalue weighted by Crippen LogP contribution is -2.59. The third-order valence-electron chi connectivity index (χ3n) is 10.1. The maximum Gasteiger partial charge on any atom is 0.322 e. The number of carbonyl (C=O) groups excluding carboxylic acids is 1. The summed E-state index contributed by atoms with van der Waals surface area (Å²) in [5, 5.41) is 3.53. The summed E-state index contributed by atoms with van der Waals surface area (Å²) >= 11 is 0. The molecule has 2 amide bonds. The van der Waals surface area contributed by atoms with Gasteiger partial charge in [0.25, 0.3) is 0 Å². The van der Waals surface area contributed by atoms with Crippen molar-refractivity contribution in [2.45, 2.75) is 52.0 Å². The van der Waals surface area contributed by atoms with Crippen LogP contribution in [0.25, 0.3) is 0 Å². The Morgan fingerprint density at radius 1 is 0.878 bits per heavy atom. The number of carbonyl (C=O) groups is 1. The van der Waals surface area contributed by atoms with Crippen LogP contribution in [0.2, 0.25) is 0 Å². The normalized spacial score (nSPS) is 28.8. The molecule has 3 heterocycles. The van der Waals surface area contributed by atoms with E-state index < -0.39 is 0 Å². The molecule has 1 aromatic carbocycles. The van der Waals surface area contributed by atoms with Crippen LogP contribution in [0.4, 0.5) is 27.7 Å². The highest BCUT2D eigenvalue weighted by Crippen LogP contribution is 2.53. The van der Waals surface area contributed by atoms with Crippen molar-refractivity contribution in [3.8, 4) is 0 Å². The van der Waals surface area contributed by atoms with Crippen molar-refractivity contribution in [2.75, 3.05) is 67.6 Å². The second kappa shape index (κ2) is 12.2. The maximum atomic E-state index is 13.7. The first kappa shape index (κ1) is 28.3. The molecule has 41 heavy (non-hydrogen) atoms. The Hall–Kier alpha value is -2.84. The second-order valence-corrected chi connectivity index (χ2v) is 13.3. The Balaban J connectivity index is 0.00000148. The highest BCUT2D eigenvalue weighted by Gasteiger charge is 2.49. The number of para-hydroxylation sites is 2. The molecule has 0 spiro atoms. The Morgan fingerprint density at radius 2 is 1.54 bits per heavy atom. The number of nitrogens with one attached hydrogen (secondary N) is 1. The number of aromatic nitrogens is 1. The van der Waals surface area contributed by atoms with Crippen LogP contribution >= 0.6 is 0 Å². The van der Waals surface area contributed by atoms with Gasteiger partial charge < -0.3 is 20.9 Å². The molecule has 5 fully saturated rings. The SMILES string of the molecule is CC(C)CN1CCN(c2ccc(N3CCN(C(=O)NC4C5CC6CC(C5)CC4C6)c4ccccc43)nc2)CC1.CN. The molecule has 0 atom stereocenters. The number of hydrogen-bond acceptors (Lipinski definition) is 6. The fourth-order valence-electron chi connectivity index (χ4n) is 8.62. The van der Waals surface area contributed by atoms with Gasteiger partial charge in [0.1, 0.15) is 5.82 Å². The van der Waals surface area contributed by atoms with Gasteiger partial charge in [-0.05, 0) is 93.0 Å². The lowest BCUT2D eigenvalue weighted by atomic mass is 9.54. The van der Waals surface area contributed by atoms with E-state index in [1.807, 2.05) is 17.2 Å². The van der Waals surface area contributed by atoms with Gasteiger partial charge in [-0.1, -0.05) is 26.0 Å². The zero-order valence-electron chi connectivity index (χ0n) is 25.2. The molecule has 1 aromatic heterocycles. The van der Waals surface area contributed by atoms with Gasteiger partial charge >= 0.3 is 6.03 Å². The molecule has 8 rings (SSSR count). The van der Waals surface area contributed by atoms with Crippen LogP contribution in [-0.2, 0) is 0 Å². The van der Waals surface area contributed by atoms with Crippen molar-refractivity contribution in [2.24, 2.45) is 35.3 Å². The van der Waals surface area contributed by atoms with Crippen molar-refractivity contribution >= 4 is 28.9 Å². The molecule has 2 aromatic rings. The standard InChI is InChI=1S/C32H44N6O.CH5N/c1-22(2)21-35-9-11-36(12-10-35)27-7-8-30(33-20-27)37-13-14-38(29-6-4-3-5-28(29)37)32(39)34-31-25-16-23-15-24(18-25)19-26(31)17-23;1-2/h3-8,20,22-26,31H,9-19,21H2,1-2H3,(H,34,39);2H2,1H3. The molecule has 222 valence electrons. The predicted molar refractivity (Wildman–Crippen MR) is 168 cm³/mol. The van der Waals surface area contributed by atoms with E-state index in [1.165, 1.54) is 51.4 Å². The molecule has 4 bridgehead atoms. The summed E-state index contributed by atoms with van der Waals surface area (Å²) in [6, 6.07) is 13.1. The van der Waals surface area contributed by atoms with Gasteiger partial charge in [0.15, 0.2) is 0 Å². The highest BCUT2D eigenvalue weighted by atomic mass is 16.2. The summed E-state index contributed by atoms with van der Waals surface area (Å²) in [5.74, 6) is 4.86. The average Bonchev–Trinajstić information content (AvgIpc) is 2.99. The Kier molecular flexibility index (Phi) is 8.40. The zero-order chi connectivity index (χ0) is 28.5. The first-order valence-corrected chi connectivity index (χ1v) is 16.0. The largest absolute Gasteiger partial charge is 0.368 e. The summed E-state index contributed by atoms with van der Waals surface area (Å²) < 4.78 is 0. The van der Waals surface area contributed by atoms with Crippen molar-refractivity contribution in [3.05, 3.63) is 42.6 Å². The van der Waals surface area contributed by atoms with Gasteiger partial charge in [-0.3, -0.25) is 9.80 Å². The number of piperazine rings is 1. The van der Waals surface area contributed by atoms with Crippen LogP contribution < -0.4 is 25.8 Å². The Labute approximate surface area is 246 Å². The first-order chi connectivity index (χ1) is 20.0. The Morgan fingerprint density at radius 3 is 2.15 bits per heavy atom. The minimum atomic E-state index is 0.0829. The summed E-state index contributed by atoms with van der Waals surface area (Å²) in [5.41, 5.74) is 7.74. The summed E-state index contributed by atoms with van der Waals surface area (Å²) in [6.07, 6.45) is 8.74. The zero-order valence-corrected chi connectivity index (χ0v) is 25.2. The average molecular weight is 560 g/mol. The van der Waals surface area contributed by atoms with E-state index in [1.54, 1.807) is 0 Å². The van der Waals surface area contributed by atoms with E-state index in [9.17, 15) is 4.79 Å². The van der Waals surface area contributed by atoms with Crippen molar-refractivity contribution in [1.82, 2.24) is 15.2 Å². The monoisotopic (exact) mass is 559 g/mol. The summed E-state index contributed by atoms with van der Waals surface area (Å²) in [7, 11) is 1.50. The number of urea groups is 1. The fourth-order valence-corrected chi connectivity index (χ4v) is 8.62. The predicted octanol–water partition coefficient (Wildman–Crippen LogP) is 4.93. The van der Waals surface area contributed by atoms with Crippen LogP contribution in [0.1, 0.15) is 46.0 Å². The molecule has 0 unspecified atom stereocenters. The molecule has 2 aliphatic heterocycles. The highest BCUT2D eigenvalue weighted by molar-refractivity contribution is 5.98. The van der Waals surface area contributed by atoms with E-state index in [-0.39, 0.29) is 6.03 Å². The topological polar surface area (TPSA) is 81.0 Å². The molecule has 6 aliphatic rings. The van der Waals surface area contributed by atoms with E-state index in [0.717, 1.165) is 61.8 Å². The van der Waals surface area contributed by atoms with Gasteiger partial charge in [0.2, 0.25) is 0 Å². The molecule has 8 heteroatoms. The molecule has 4 aliphatic carbocycles. The minimum Gasteiger partial charge on any atom is -0.368 e. The molecule has 1 saturated heterocycles. The van der Waals surface area contributed by atoms with E-state index in [4.69, 9.17) is 4.98 Å². The third-order valence-corrected chi connectivity index (χ3v) is 10.1. The maximum absolute atomic E-state index is 13.7. The summed E-state index contributed by atoms with van der Waals surface area (Å²) in [6.45, 7) is 11.5.